The Morgan fingerprint density at radius 3 is 2.69 bits per heavy atom. The Morgan fingerprint density at radius 1 is 1.22 bits per heavy atom. The summed E-state index contributed by atoms with van der Waals surface area (Å²) < 4.78 is 31.0. The molecular formula is C22H24F2N6O2. The number of hydrogen-bond acceptors (Lipinski definition) is 5. The fraction of sp³-hybridized carbons (Fsp3) is 0.409. The lowest BCUT2D eigenvalue weighted by Gasteiger charge is -2.31. The molecule has 1 fully saturated rings. The maximum absolute atomic E-state index is 13.7. The number of halogens is 2. The third kappa shape index (κ3) is 3.80. The van der Waals surface area contributed by atoms with Gasteiger partial charge in [0.1, 0.15) is 0 Å². The zero-order chi connectivity index (χ0) is 23.0. The van der Waals surface area contributed by atoms with Crippen molar-refractivity contribution in [2.45, 2.75) is 38.9 Å². The van der Waals surface area contributed by atoms with Gasteiger partial charge in [0.05, 0.1) is 13.1 Å². The number of rotatable bonds is 4. The molecular weight excluding hydrogens is 418 g/mol. The molecule has 2 N–H and O–H groups in total. The molecule has 3 heterocycles. The third-order valence-electron chi connectivity index (χ3n) is 5.69. The van der Waals surface area contributed by atoms with Crippen LogP contribution in [0, 0.1) is 23.5 Å². The van der Waals surface area contributed by atoms with Crippen LogP contribution in [0.2, 0.25) is 0 Å². The van der Waals surface area contributed by atoms with E-state index in [0.29, 0.717) is 18.1 Å². The normalized spacial score (nSPS) is 16.3. The fourth-order valence-electron chi connectivity index (χ4n) is 4.06. The summed E-state index contributed by atoms with van der Waals surface area (Å²) in [7, 11) is 1.53. The van der Waals surface area contributed by atoms with Gasteiger partial charge in [0.15, 0.2) is 22.8 Å². The zero-order valence-electron chi connectivity index (χ0n) is 17.9. The lowest BCUT2D eigenvalue weighted by molar-refractivity contribution is 0.496. The molecule has 1 saturated heterocycles. The second-order valence-corrected chi connectivity index (χ2v) is 7.93. The maximum atomic E-state index is 13.7. The summed E-state index contributed by atoms with van der Waals surface area (Å²) in [5.41, 5.74) is 5.75. The first-order chi connectivity index (χ1) is 15.3. The van der Waals surface area contributed by atoms with E-state index in [1.165, 1.54) is 17.7 Å². The molecule has 0 radical (unpaired) electrons. The van der Waals surface area contributed by atoms with Crippen LogP contribution in [0.4, 0.5) is 14.7 Å². The molecule has 0 aliphatic carbocycles. The summed E-state index contributed by atoms with van der Waals surface area (Å²) in [6.45, 7) is 3.03. The first kappa shape index (κ1) is 21.8. The molecule has 1 aliphatic rings. The van der Waals surface area contributed by atoms with Crippen LogP contribution in [0.3, 0.4) is 0 Å². The Balaban J connectivity index is 1.91. The number of aryl methyl sites for hydroxylation is 1. The van der Waals surface area contributed by atoms with Gasteiger partial charge in [0.2, 0.25) is 5.95 Å². The van der Waals surface area contributed by atoms with Crippen LogP contribution in [-0.2, 0) is 20.1 Å². The molecule has 1 atom stereocenters. The number of hydrogen-bond donors (Lipinski definition) is 1. The van der Waals surface area contributed by atoms with Gasteiger partial charge in [-0.25, -0.2) is 13.6 Å². The molecule has 3 aromatic rings. The van der Waals surface area contributed by atoms with E-state index in [-0.39, 0.29) is 30.3 Å². The number of anilines is 1. The first-order valence-electron chi connectivity index (χ1n) is 10.4. The van der Waals surface area contributed by atoms with Crippen molar-refractivity contribution >= 4 is 17.1 Å². The van der Waals surface area contributed by atoms with E-state index in [9.17, 15) is 18.4 Å². The highest BCUT2D eigenvalue weighted by Gasteiger charge is 2.26. The number of benzene rings is 1. The Kier molecular flexibility index (Phi) is 5.84. The van der Waals surface area contributed by atoms with E-state index >= 15 is 0 Å². The summed E-state index contributed by atoms with van der Waals surface area (Å²) in [5.74, 6) is 4.29. The van der Waals surface area contributed by atoms with Crippen molar-refractivity contribution in [1.82, 2.24) is 18.7 Å². The van der Waals surface area contributed by atoms with Gasteiger partial charge in [0, 0.05) is 26.2 Å². The lowest BCUT2D eigenvalue weighted by Crippen LogP contribution is -2.44. The SMILES string of the molecule is CC#CCn1c(N2CCCC(N)C2)nc2c1c(=O)n(Cc1ccc(F)c(F)c1)c(=O)n2C. The van der Waals surface area contributed by atoms with Crippen molar-refractivity contribution < 1.29 is 8.78 Å². The highest BCUT2D eigenvalue weighted by molar-refractivity contribution is 5.75. The largest absolute Gasteiger partial charge is 0.341 e. The molecule has 1 unspecified atom stereocenters. The van der Waals surface area contributed by atoms with E-state index < -0.39 is 22.9 Å². The summed E-state index contributed by atoms with van der Waals surface area (Å²) in [4.78, 5) is 33.0. The highest BCUT2D eigenvalue weighted by Crippen LogP contribution is 2.23. The Labute approximate surface area is 182 Å². The van der Waals surface area contributed by atoms with Crippen LogP contribution in [0.1, 0.15) is 25.3 Å². The molecule has 168 valence electrons. The average Bonchev–Trinajstić information content (AvgIpc) is 3.16. The second-order valence-electron chi connectivity index (χ2n) is 7.93. The van der Waals surface area contributed by atoms with Gasteiger partial charge >= 0.3 is 5.69 Å². The van der Waals surface area contributed by atoms with E-state index in [4.69, 9.17) is 5.73 Å². The van der Waals surface area contributed by atoms with Gasteiger partial charge in [-0.3, -0.25) is 18.5 Å². The van der Waals surface area contributed by atoms with Crippen molar-refractivity contribution in [2.24, 2.45) is 12.8 Å². The van der Waals surface area contributed by atoms with Gasteiger partial charge < -0.3 is 10.6 Å². The van der Waals surface area contributed by atoms with E-state index in [1.54, 1.807) is 11.5 Å². The van der Waals surface area contributed by atoms with Gasteiger partial charge in [-0.15, -0.1) is 5.92 Å². The average molecular weight is 442 g/mol. The van der Waals surface area contributed by atoms with Gasteiger partial charge in [0.25, 0.3) is 5.56 Å². The molecule has 0 spiro atoms. The van der Waals surface area contributed by atoms with Crippen molar-refractivity contribution in [3.8, 4) is 11.8 Å². The number of nitrogens with two attached hydrogens (primary N) is 1. The Morgan fingerprint density at radius 2 is 2.00 bits per heavy atom. The second kappa shape index (κ2) is 8.59. The number of piperidine rings is 1. The predicted octanol–water partition coefficient (Wildman–Crippen LogP) is 1.17. The molecule has 4 rings (SSSR count). The molecule has 1 aliphatic heterocycles. The lowest BCUT2D eigenvalue weighted by atomic mass is 10.1. The topological polar surface area (TPSA) is 91.1 Å². The molecule has 8 nitrogen and oxygen atoms in total. The summed E-state index contributed by atoms with van der Waals surface area (Å²) >= 11 is 0. The van der Waals surface area contributed by atoms with E-state index in [0.717, 1.165) is 36.1 Å². The Hall–Kier alpha value is -3.45. The molecule has 32 heavy (non-hydrogen) atoms. The minimum absolute atomic E-state index is 0.0110. The first-order valence-corrected chi connectivity index (χ1v) is 10.4. The number of imidazole rings is 1. The van der Waals surface area contributed by atoms with Gasteiger partial charge in [-0.2, -0.15) is 4.98 Å². The predicted molar refractivity (Wildman–Crippen MR) is 118 cm³/mol. The monoisotopic (exact) mass is 442 g/mol. The molecule has 0 saturated carbocycles. The molecule has 1 aromatic carbocycles. The molecule has 2 aromatic heterocycles. The minimum Gasteiger partial charge on any atom is -0.341 e. The van der Waals surface area contributed by atoms with Crippen molar-refractivity contribution in [3.63, 3.8) is 0 Å². The van der Waals surface area contributed by atoms with Gasteiger partial charge in [-0.05, 0) is 37.5 Å². The number of nitrogens with zero attached hydrogens (tertiary/aromatic N) is 5. The van der Waals surface area contributed by atoms with Crippen molar-refractivity contribution in [1.29, 1.82) is 0 Å². The van der Waals surface area contributed by atoms with Crippen LogP contribution in [0.5, 0.6) is 0 Å². The smallest absolute Gasteiger partial charge is 0.332 e. The third-order valence-corrected chi connectivity index (χ3v) is 5.69. The molecule has 0 bridgehead atoms. The number of aromatic nitrogens is 4. The summed E-state index contributed by atoms with van der Waals surface area (Å²) in [6, 6.07) is 3.28. The van der Waals surface area contributed by atoms with E-state index in [2.05, 4.69) is 16.8 Å². The van der Waals surface area contributed by atoms with Crippen LogP contribution < -0.4 is 21.9 Å². The van der Waals surface area contributed by atoms with Crippen molar-refractivity contribution in [2.75, 3.05) is 18.0 Å². The van der Waals surface area contributed by atoms with Crippen LogP contribution >= 0.6 is 0 Å². The standard InChI is InChI=1S/C22H24F2N6O2/c1-3-4-10-29-18-19(26-21(29)28-9-5-6-15(25)13-28)27(2)22(32)30(20(18)31)12-14-7-8-16(23)17(24)11-14/h7-8,11,15H,5-6,9-10,12-13,25H2,1-2H3. The fourth-order valence-corrected chi connectivity index (χ4v) is 4.06. The minimum atomic E-state index is -1.04. The van der Waals surface area contributed by atoms with Crippen LogP contribution in [-0.4, -0.2) is 37.8 Å². The quantitative estimate of drug-likeness (QED) is 0.613. The zero-order valence-corrected chi connectivity index (χ0v) is 17.9. The molecule has 10 heteroatoms. The summed E-state index contributed by atoms with van der Waals surface area (Å²) in [5, 5.41) is 0. The Bertz CT molecular complexity index is 1360. The summed E-state index contributed by atoms with van der Waals surface area (Å²) in [6.07, 6.45) is 1.80. The number of fused-ring (bicyclic) bond motifs is 1. The van der Waals surface area contributed by atoms with Crippen molar-refractivity contribution in [3.05, 3.63) is 56.2 Å². The maximum Gasteiger partial charge on any atom is 0.332 e. The van der Waals surface area contributed by atoms with Crippen LogP contribution in [0.15, 0.2) is 27.8 Å². The highest BCUT2D eigenvalue weighted by atomic mass is 19.2. The van der Waals surface area contributed by atoms with Gasteiger partial charge in [-0.1, -0.05) is 12.0 Å². The molecule has 0 amide bonds. The van der Waals surface area contributed by atoms with Crippen LogP contribution in [0.25, 0.3) is 11.2 Å². The van der Waals surface area contributed by atoms with E-state index in [1.807, 2.05) is 4.90 Å².